The maximum Gasteiger partial charge on any atom is 0.0740 e. The molecule has 15 heavy (non-hydrogen) atoms. The largest absolute Gasteiger partial charge is 0.389 e. The lowest BCUT2D eigenvalue weighted by molar-refractivity contribution is -0.105. The zero-order valence-electron chi connectivity index (χ0n) is 10.7. The molecule has 0 amide bonds. The minimum absolute atomic E-state index is 0.202. The van der Waals surface area contributed by atoms with Crippen LogP contribution >= 0.6 is 0 Å². The molecule has 0 aromatic carbocycles. The average Bonchev–Trinajstić information content (AvgIpc) is 2.15. The summed E-state index contributed by atoms with van der Waals surface area (Å²) in [5, 5.41) is 10.9. The average molecular weight is 210 g/mol. The zero-order chi connectivity index (χ0) is 11.6. The van der Waals surface area contributed by atoms with Crippen LogP contribution in [-0.2, 0) is 0 Å². The van der Waals surface area contributed by atoms with Gasteiger partial charge in [0.15, 0.2) is 0 Å². The molecule has 0 spiro atoms. The molecule has 1 rings (SSSR count). The molecule has 0 radical (unpaired) electrons. The minimum atomic E-state index is -0.520. The Morgan fingerprint density at radius 2 is 1.93 bits per heavy atom. The van der Waals surface area contributed by atoms with E-state index >= 15 is 0 Å². The van der Waals surface area contributed by atoms with Gasteiger partial charge in [-0.05, 0) is 30.6 Å². The summed E-state index contributed by atoms with van der Waals surface area (Å²) in [6.45, 7) is 12.6. The molecule has 4 atom stereocenters. The SMILES string of the molecule is C=CC(C)[C@]1(O)C[C@H](C)CC[C@H]1C(C)C. The van der Waals surface area contributed by atoms with Crippen molar-refractivity contribution in [1.82, 2.24) is 0 Å². The summed E-state index contributed by atoms with van der Waals surface area (Å²) in [4.78, 5) is 0. The molecule has 1 aliphatic carbocycles. The first-order valence-electron chi connectivity index (χ1n) is 6.26. The highest BCUT2D eigenvalue weighted by atomic mass is 16.3. The van der Waals surface area contributed by atoms with Crippen LogP contribution in [0.4, 0.5) is 0 Å². The first-order chi connectivity index (χ1) is 6.91. The first-order valence-corrected chi connectivity index (χ1v) is 6.26. The summed E-state index contributed by atoms with van der Waals surface area (Å²) >= 11 is 0. The third kappa shape index (κ3) is 2.44. The van der Waals surface area contributed by atoms with Gasteiger partial charge in [0, 0.05) is 5.92 Å². The Kier molecular flexibility index (Phi) is 3.99. The molecule has 88 valence electrons. The Labute approximate surface area is 94.6 Å². The lowest BCUT2D eigenvalue weighted by Crippen LogP contribution is -2.49. The van der Waals surface area contributed by atoms with Crippen molar-refractivity contribution in [2.45, 2.75) is 52.6 Å². The lowest BCUT2D eigenvalue weighted by atomic mass is 9.62. The van der Waals surface area contributed by atoms with Crippen molar-refractivity contribution in [2.75, 3.05) is 0 Å². The topological polar surface area (TPSA) is 20.2 Å². The predicted molar refractivity (Wildman–Crippen MR) is 65.7 cm³/mol. The molecule has 1 fully saturated rings. The van der Waals surface area contributed by atoms with Crippen molar-refractivity contribution in [3.8, 4) is 0 Å². The number of hydrogen-bond acceptors (Lipinski definition) is 1. The molecule has 0 bridgehead atoms. The van der Waals surface area contributed by atoms with Gasteiger partial charge < -0.3 is 5.11 Å². The van der Waals surface area contributed by atoms with E-state index in [-0.39, 0.29) is 5.92 Å². The summed E-state index contributed by atoms with van der Waals surface area (Å²) in [6, 6.07) is 0. The van der Waals surface area contributed by atoms with Gasteiger partial charge in [-0.1, -0.05) is 40.2 Å². The van der Waals surface area contributed by atoms with Crippen LogP contribution in [0.25, 0.3) is 0 Å². The maximum absolute atomic E-state index is 10.9. The molecule has 1 aliphatic rings. The Balaban J connectivity index is 2.90. The van der Waals surface area contributed by atoms with Crippen molar-refractivity contribution in [3.05, 3.63) is 12.7 Å². The molecule has 1 N–H and O–H groups in total. The van der Waals surface area contributed by atoms with E-state index in [1.165, 1.54) is 6.42 Å². The van der Waals surface area contributed by atoms with Gasteiger partial charge in [0.05, 0.1) is 5.60 Å². The number of rotatable bonds is 3. The highest BCUT2D eigenvalue weighted by molar-refractivity contribution is 5.01. The lowest BCUT2D eigenvalue weighted by Gasteiger charge is -2.47. The van der Waals surface area contributed by atoms with Gasteiger partial charge in [-0.15, -0.1) is 6.58 Å². The van der Waals surface area contributed by atoms with Gasteiger partial charge in [-0.3, -0.25) is 0 Å². The normalized spacial score (nSPS) is 39.1. The van der Waals surface area contributed by atoms with E-state index < -0.39 is 5.60 Å². The number of hydrogen-bond donors (Lipinski definition) is 1. The third-order valence-corrected chi connectivity index (χ3v) is 4.23. The van der Waals surface area contributed by atoms with E-state index in [0.29, 0.717) is 17.8 Å². The number of aliphatic hydroxyl groups is 1. The fourth-order valence-electron chi connectivity index (χ4n) is 3.16. The molecule has 0 heterocycles. The summed E-state index contributed by atoms with van der Waals surface area (Å²) in [7, 11) is 0. The van der Waals surface area contributed by atoms with Crippen molar-refractivity contribution < 1.29 is 5.11 Å². The molecule has 1 nitrogen and oxygen atoms in total. The van der Waals surface area contributed by atoms with Gasteiger partial charge in [0.2, 0.25) is 0 Å². The van der Waals surface area contributed by atoms with Gasteiger partial charge in [-0.2, -0.15) is 0 Å². The highest BCUT2D eigenvalue weighted by Crippen LogP contribution is 2.45. The first kappa shape index (κ1) is 12.8. The quantitative estimate of drug-likeness (QED) is 0.705. The fraction of sp³-hybridized carbons (Fsp3) is 0.857. The van der Waals surface area contributed by atoms with E-state index in [9.17, 15) is 5.11 Å². The molecule has 0 aromatic rings. The molecule has 0 saturated heterocycles. The van der Waals surface area contributed by atoms with E-state index in [4.69, 9.17) is 0 Å². The van der Waals surface area contributed by atoms with Crippen LogP contribution in [0.5, 0.6) is 0 Å². The maximum atomic E-state index is 10.9. The van der Waals surface area contributed by atoms with Crippen LogP contribution in [0.3, 0.4) is 0 Å². The predicted octanol–water partition coefficient (Wildman–Crippen LogP) is 3.63. The van der Waals surface area contributed by atoms with E-state index in [1.807, 2.05) is 6.08 Å². The summed E-state index contributed by atoms with van der Waals surface area (Å²) in [6.07, 6.45) is 5.26. The van der Waals surface area contributed by atoms with Crippen LogP contribution in [0.15, 0.2) is 12.7 Å². The van der Waals surface area contributed by atoms with Crippen LogP contribution in [0.1, 0.15) is 47.0 Å². The molecule has 1 saturated carbocycles. The fourth-order valence-corrected chi connectivity index (χ4v) is 3.16. The second-order valence-electron chi connectivity index (χ2n) is 5.75. The van der Waals surface area contributed by atoms with E-state index in [1.54, 1.807) is 0 Å². The monoisotopic (exact) mass is 210 g/mol. The Morgan fingerprint density at radius 3 is 2.40 bits per heavy atom. The zero-order valence-corrected chi connectivity index (χ0v) is 10.7. The van der Waals surface area contributed by atoms with Gasteiger partial charge in [0.1, 0.15) is 0 Å². The van der Waals surface area contributed by atoms with E-state index in [0.717, 1.165) is 12.8 Å². The molecule has 1 unspecified atom stereocenters. The summed E-state index contributed by atoms with van der Waals surface area (Å²) < 4.78 is 0. The molecule has 0 aromatic heterocycles. The highest BCUT2D eigenvalue weighted by Gasteiger charge is 2.45. The van der Waals surface area contributed by atoms with Gasteiger partial charge >= 0.3 is 0 Å². The van der Waals surface area contributed by atoms with Crippen molar-refractivity contribution in [1.29, 1.82) is 0 Å². The Morgan fingerprint density at radius 1 is 1.33 bits per heavy atom. The van der Waals surface area contributed by atoms with Crippen molar-refractivity contribution in [2.24, 2.45) is 23.7 Å². The Hall–Kier alpha value is -0.300. The second kappa shape index (κ2) is 4.69. The van der Waals surface area contributed by atoms with Crippen molar-refractivity contribution in [3.63, 3.8) is 0 Å². The summed E-state index contributed by atoms with van der Waals surface area (Å²) in [5.74, 6) is 1.84. The van der Waals surface area contributed by atoms with Crippen LogP contribution in [0.2, 0.25) is 0 Å². The summed E-state index contributed by atoms with van der Waals surface area (Å²) in [5.41, 5.74) is -0.520. The second-order valence-corrected chi connectivity index (χ2v) is 5.75. The van der Waals surface area contributed by atoms with Crippen LogP contribution < -0.4 is 0 Å². The molecule has 0 aliphatic heterocycles. The van der Waals surface area contributed by atoms with Gasteiger partial charge in [0.25, 0.3) is 0 Å². The Bertz CT molecular complexity index is 221. The van der Waals surface area contributed by atoms with Gasteiger partial charge in [-0.25, -0.2) is 0 Å². The van der Waals surface area contributed by atoms with Crippen LogP contribution in [0, 0.1) is 23.7 Å². The smallest absolute Gasteiger partial charge is 0.0740 e. The molecular weight excluding hydrogens is 184 g/mol. The van der Waals surface area contributed by atoms with Crippen molar-refractivity contribution >= 4 is 0 Å². The van der Waals surface area contributed by atoms with E-state index in [2.05, 4.69) is 34.3 Å². The standard InChI is InChI=1S/C14H26O/c1-6-12(5)14(15)9-11(4)7-8-13(14)10(2)3/h6,10-13,15H,1,7-9H2,2-5H3/t11-,12?,13+,14-/m1/s1. The minimum Gasteiger partial charge on any atom is -0.389 e. The molecular formula is C14H26O. The molecule has 1 heteroatoms. The van der Waals surface area contributed by atoms with Crippen LogP contribution in [-0.4, -0.2) is 10.7 Å². The third-order valence-electron chi connectivity index (χ3n) is 4.23.